The van der Waals surface area contributed by atoms with Gasteiger partial charge in [-0.1, -0.05) is 11.6 Å². The first-order chi connectivity index (χ1) is 6.58. The van der Waals surface area contributed by atoms with E-state index in [1.807, 2.05) is 0 Å². The minimum atomic E-state index is -1.08. The Morgan fingerprint density at radius 2 is 2.14 bits per heavy atom. The number of aromatic carboxylic acids is 1. The second-order valence-electron chi connectivity index (χ2n) is 2.68. The van der Waals surface area contributed by atoms with Gasteiger partial charge in [0.15, 0.2) is 0 Å². The number of nitrogens with one attached hydrogen (secondary N) is 1. The van der Waals surface area contributed by atoms with Crippen molar-refractivity contribution in [2.24, 2.45) is 0 Å². The summed E-state index contributed by atoms with van der Waals surface area (Å²) in [6.45, 7) is 0. The number of carboxylic acid groups (broad SMARTS) is 1. The van der Waals surface area contributed by atoms with Gasteiger partial charge in [0, 0.05) is 5.02 Å². The second kappa shape index (κ2) is 3.15. The second-order valence-corrected chi connectivity index (χ2v) is 3.48. The lowest BCUT2D eigenvalue weighted by molar-refractivity contribution is 0.0699. The zero-order chi connectivity index (χ0) is 10.3. The lowest BCUT2D eigenvalue weighted by atomic mass is 10.2. The van der Waals surface area contributed by atoms with Crippen LogP contribution >= 0.6 is 23.2 Å². The Labute approximate surface area is 88.5 Å². The number of aromatic amines is 1. The van der Waals surface area contributed by atoms with E-state index in [-0.39, 0.29) is 10.8 Å². The molecule has 0 aliphatic heterocycles. The van der Waals surface area contributed by atoms with Gasteiger partial charge >= 0.3 is 5.97 Å². The van der Waals surface area contributed by atoms with Crippen molar-refractivity contribution in [2.75, 3.05) is 0 Å². The van der Waals surface area contributed by atoms with Crippen LogP contribution in [0.1, 0.15) is 10.4 Å². The highest BCUT2D eigenvalue weighted by molar-refractivity contribution is 6.32. The highest BCUT2D eigenvalue weighted by atomic mass is 35.5. The van der Waals surface area contributed by atoms with Crippen molar-refractivity contribution in [1.29, 1.82) is 0 Å². The maximum atomic E-state index is 10.8. The summed E-state index contributed by atoms with van der Waals surface area (Å²) in [5, 5.41) is 9.33. The largest absolute Gasteiger partial charge is 0.478 e. The van der Waals surface area contributed by atoms with Crippen LogP contribution in [0.3, 0.4) is 0 Å². The van der Waals surface area contributed by atoms with Crippen molar-refractivity contribution in [3.8, 4) is 0 Å². The van der Waals surface area contributed by atoms with Crippen molar-refractivity contribution < 1.29 is 9.90 Å². The van der Waals surface area contributed by atoms with Crippen LogP contribution in [0.4, 0.5) is 0 Å². The fourth-order valence-corrected chi connectivity index (χ4v) is 1.62. The lowest BCUT2D eigenvalue weighted by Crippen LogP contribution is -1.97. The molecular formula is C8H4Cl2N2O2. The van der Waals surface area contributed by atoms with Crippen molar-refractivity contribution in [1.82, 2.24) is 9.97 Å². The van der Waals surface area contributed by atoms with Gasteiger partial charge in [-0.2, -0.15) is 0 Å². The third kappa shape index (κ3) is 1.42. The van der Waals surface area contributed by atoms with E-state index in [0.717, 1.165) is 0 Å². The van der Waals surface area contributed by atoms with Crippen molar-refractivity contribution in [3.63, 3.8) is 0 Å². The summed E-state index contributed by atoms with van der Waals surface area (Å²) in [7, 11) is 0. The third-order valence-electron chi connectivity index (χ3n) is 1.75. The number of carboxylic acids is 1. The molecule has 0 saturated carbocycles. The number of carbonyl (C=O) groups is 1. The zero-order valence-corrected chi connectivity index (χ0v) is 8.23. The van der Waals surface area contributed by atoms with E-state index in [1.54, 1.807) is 6.07 Å². The quantitative estimate of drug-likeness (QED) is 0.792. The number of fused-ring (bicyclic) bond motifs is 1. The zero-order valence-electron chi connectivity index (χ0n) is 6.71. The van der Waals surface area contributed by atoms with Crippen molar-refractivity contribution in [2.45, 2.75) is 0 Å². The smallest absolute Gasteiger partial charge is 0.338 e. The molecule has 2 N–H and O–H groups in total. The standard InChI is InChI=1S/C8H4Cl2N2O2/c9-3-1-4(7(13)14)6-5(2-3)11-8(10)12-6/h1-2H,(H,11,12)(H,13,14). The van der Waals surface area contributed by atoms with E-state index in [4.69, 9.17) is 28.3 Å². The Bertz CT molecular complexity index is 521. The summed E-state index contributed by atoms with van der Waals surface area (Å²) in [6.07, 6.45) is 0. The number of hydrogen-bond donors (Lipinski definition) is 2. The lowest BCUT2D eigenvalue weighted by Gasteiger charge is -1.96. The van der Waals surface area contributed by atoms with E-state index in [9.17, 15) is 4.79 Å². The summed E-state index contributed by atoms with van der Waals surface area (Å²) >= 11 is 11.3. The number of rotatable bonds is 1. The fourth-order valence-electron chi connectivity index (χ4n) is 1.22. The SMILES string of the molecule is O=C(O)c1cc(Cl)cc2[nH]c(Cl)nc12. The van der Waals surface area contributed by atoms with Crippen LogP contribution in [-0.2, 0) is 0 Å². The van der Waals surface area contributed by atoms with Crippen LogP contribution < -0.4 is 0 Å². The van der Waals surface area contributed by atoms with Gasteiger partial charge in [-0.05, 0) is 23.7 Å². The molecule has 1 aromatic heterocycles. The molecule has 0 aliphatic carbocycles. The van der Waals surface area contributed by atoms with Gasteiger partial charge < -0.3 is 10.1 Å². The number of nitrogens with zero attached hydrogens (tertiary/aromatic N) is 1. The van der Waals surface area contributed by atoms with E-state index < -0.39 is 5.97 Å². The molecule has 2 rings (SSSR count). The molecule has 1 aromatic carbocycles. The molecule has 72 valence electrons. The van der Waals surface area contributed by atoms with E-state index >= 15 is 0 Å². The first-order valence-corrected chi connectivity index (χ1v) is 4.41. The highest BCUT2D eigenvalue weighted by Crippen LogP contribution is 2.23. The average Bonchev–Trinajstić information content (AvgIpc) is 2.42. The molecule has 0 aliphatic rings. The number of H-pyrrole nitrogens is 1. The maximum Gasteiger partial charge on any atom is 0.338 e. The Morgan fingerprint density at radius 3 is 2.79 bits per heavy atom. The average molecular weight is 231 g/mol. The van der Waals surface area contributed by atoms with Gasteiger partial charge in [0.05, 0.1) is 11.1 Å². The van der Waals surface area contributed by atoms with Gasteiger partial charge in [0.1, 0.15) is 5.52 Å². The Hall–Kier alpha value is -1.26. The molecule has 2 aromatic rings. The number of halogens is 2. The van der Waals surface area contributed by atoms with Crippen LogP contribution in [0.15, 0.2) is 12.1 Å². The molecule has 0 fully saturated rings. The monoisotopic (exact) mass is 230 g/mol. The highest BCUT2D eigenvalue weighted by Gasteiger charge is 2.13. The van der Waals surface area contributed by atoms with Crippen LogP contribution in [0.25, 0.3) is 11.0 Å². The van der Waals surface area contributed by atoms with Crippen molar-refractivity contribution >= 4 is 40.2 Å². The molecule has 0 radical (unpaired) electrons. The van der Waals surface area contributed by atoms with E-state index in [0.29, 0.717) is 16.1 Å². The minimum Gasteiger partial charge on any atom is -0.478 e. The molecule has 14 heavy (non-hydrogen) atoms. The summed E-state index contributed by atoms with van der Waals surface area (Å²) in [6, 6.07) is 2.91. The number of hydrogen-bond acceptors (Lipinski definition) is 2. The van der Waals surface area contributed by atoms with Gasteiger partial charge in [0.2, 0.25) is 5.28 Å². The summed E-state index contributed by atoms with van der Waals surface area (Å²) < 4.78 is 0. The molecule has 0 spiro atoms. The fraction of sp³-hybridized carbons (Fsp3) is 0. The minimum absolute atomic E-state index is 0.0376. The van der Waals surface area contributed by atoms with Crippen LogP contribution in [0.5, 0.6) is 0 Å². The first kappa shape index (κ1) is 9.30. The Balaban J connectivity index is 2.85. The topological polar surface area (TPSA) is 66.0 Å². The Morgan fingerprint density at radius 1 is 1.43 bits per heavy atom. The number of aromatic nitrogens is 2. The summed E-state index contributed by atoms with van der Waals surface area (Å²) in [4.78, 5) is 17.4. The number of benzene rings is 1. The predicted molar refractivity (Wildman–Crippen MR) is 53.1 cm³/mol. The van der Waals surface area contributed by atoms with Gasteiger partial charge in [-0.15, -0.1) is 0 Å². The molecule has 1 heterocycles. The molecule has 6 heteroatoms. The molecule has 4 nitrogen and oxygen atoms in total. The van der Waals surface area contributed by atoms with E-state index in [1.165, 1.54) is 6.07 Å². The molecular weight excluding hydrogens is 227 g/mol. The third-order valence-corrected chi connectivity index (χ3v) is 2.15. The molecule has 0 unspecified atom stereocenters. The molecule has 0 saturated heterocycles. The summed E-state index contributed by atoms with van der Waals surface area (Å²) in [5.41, 5.74) is 0.863. The number of imidazole rings is 1. The molecule has 0 bridgehead atoms. The summed E-state index contributed by atoms with van der Waals surface area (Å²) in [5.74, 6) is -1.08. The van der Waals surface area contributed by atoms with Gasteiger partial charge in [0.25, 0.3) is 0 Å². The first-order valence-electron chi connectivity index (χ1n) is 3.66. The van der Waals surface area contributed by atoms with Crippen LogP contribution in [-0.4, -0.2) is 21.0 Å². The molecule has 0 amide bonds. The predicted octanol–water partition coefficient (Wildman–Crippen LogP) is 2.57. The maximum absolute atomic E-state index is 10.8. The van der Waals surface area contributed by atoms with E-state index in [2.05, 4.69) is 9.97 Å². The van der Waals surface area contributed by atoms with Gasteiger partial charge in [-0.3, -0.25) is 0 Å². The van der Waals surface area contributed by atoms with Crippen molar-refractivity contribution in [3.05, 3.63) is 28.0 Å². The molecule has 0 atom stereocenters. The normalized spacial score (nSPS) is 10.7. The van der Waals surface area contributed by atoms with Crippen LogP contribution in [0, 0.1) is 0 Å². The Kier molecular flexibility index (Phi) is 2.09. The van der Waals surface area contributed by atoms with Gasteiger partial charge in [-0.25, -0.2) is 9.78 Å². The van der Waals surface area contributed by atoms with Crippen LogP contribution in [0.2, 0.25) is 10.3 Å².